The van der Waals surface area contributed by atoms with Gasteiger partial charge in [-0.3, -0.25) is 4.99 Å². The Morgan fingerprint density at radius 2 is 1.72 bits per heavy atom. The fourth-order valence-electron chi connectivity index (χ4n) is 5.24. The minimum Gasteiger partial charge on any atom is -0.488 e. The first-order valence-corrected chi connectivity index (χ1v) is 13.2. The molecule has 0 unspecified atom stereocenters. The van der Waals surface area contributed by atoms with Crippen LogP contribution in [0.15, 0.2) is 119 Å². The largest absolute Gasteiger partial charge is 0.488 e. The Balaban J connectivity index is 1.13. The van der Waals surface area contributed by atoms with Crippen LogP contribution >= 0.6 is 15.9 Å². The Morgan fingerprint density at radius 1 is 0.917 bits per heavy atom. The lowest BCUT2D eigenvalue weighted by atomic mass is 9.77. The van der Waals surface area contributed by atoms with Crippen LogP contribution in [0.25, 0.3) is 0 Å². The van der Waals surface area contributed by atoms with Crippen LogP contribution in [0.4, 0.5) is 11.4 Å². The predicted molar refractivity (Wildman–Crippen MR) is 151 cm³/mol. The first-order valence-electron chi connectivity index (χ1n) is 12.4. The van der Waals surface area contributed by atoms with E-state index in [0.717, 1.165) is 33.5 Å². The number of nitrogens with one attached hydrogen (secondary N) is 1. The Morgan fingerprint density at radius 3 is 2.56 bits per heavy atom. The summed E-state index contributed by atoms with van der Waals surface area (Å²) in [6, 6.07) is 33.9. The van der Waals surface area contributed by atoms with Crippen molar-refractivity contribution >= 4 is 33.5 Å². The van der Waals surface area contributed by atoms with E-state index in [0.29, 0.717) is 24.5 Å². The first kappa shape index (κ1) is 22.8. The van der Waals surface area contributed by atoms with E-state index in [-0.39, 0.29) is 0 Å². The van der Waals surface area contributed by atoms with Crippen molar-refractivity contribution < 1.29 is 4.74 Å². The van der Waals surface area contributed by atoms with Gasteiger partial charge in [0.05, 0.1) is 16.2 Å². The second-order valence-corrected chi connectivity index (χ2v) is 10.2. The predicted octanol–water partition coefficient (Wildman–Crippen LogP) is 8.61. The van der Waals surface area contributed by atoms with Crippen LogP contribution in [-0.2, 0) is 6.61 Å². The zero-order chi connectivity index (χ0) is 24.3. The highest BCUT2D eigenvalue weighted by Gasteiger charge is 2.37. The molecular weight excluding hydrogens is 508 g/mol. The van der Waals surface area contributed by atoms with Crippen LogP contribution in [0.2, 0.25) is 0 Å². The zero-order valence-electron chi connectivity index (χ0n) is 19.8. The number of anilines is 1. The highest BCUT2D eigenvalue weighted by Crippen LogP contribution is 2.49. The van der Waals surface area contributed by atoms with Gasteiger partial charge in [0.15, 0.2) is 0 Å². The van der Waals surface area contributed by atoms with Crippen molar-refractivity contribution in [3.63, 3.8) is 0 Å². The molecule has 0 spiro atoms. The van der Waals surface area contributed by atoms with Gasteiger partial charge in [-0.15, -0.1) is 0 Å². The Kier molecular flexibility index (Phi) is 6.44. The number of aliphatic imine (C=N–C) groups is 1. The van der Waals surface area contributed by atoms with Gasteiger partial charge in [0, 0.05) is 17.8 Å². The van der Waals surface area contributed by atoms with Gasteiger partial charge in [-0.25, -0.2) is 0 Å². The monoisotopic (exact) mass is 534 g/mol. The summed E-state index contributed by atoms with van der Waals surface area (Å²) in [5, 5.41) is 3.80. The third kappa shape index (κ3) is 4.74. The lowest BCUT2D eigenvalue weighted by Crippen LogP contribution is -2.28. The molecule has 0 saturated carbocycles. The van der Waals surface area contributed by atoms with Crippen molar-refractivity contribution in [3.8, 4) is 5.75 Å². The molecule has 4 heteroatoms. The van der Waals surface area contributed by atoms with Crippen molar-refractivity contribution in [1.29, 1.82) is 0 Å². The van der Waals surface area contributed by atoms with Crippen LogP contribution < -0.4 is 10.1 Å². The van der Waals surface area contributed by atoms with Gasteiger partial charge in [0.25, 0.3) is 0 Å². The average molecular weight is 535 g/mol. The molecule has 36 heavy (non-hydrogen) atoms. The molecule has 0 saturated heterocycles. The SMILES string of the molecule is Brc1cc(C=Nc2ccc([C@@H]3Nc4ccccc4[C@@H]4C=CC[C@@H]43)cc2)ccc1OCc1ccccc1. The number of hydrogen-bond donors (Lipinski definition) is 1. The van der Waals surface area contributed by atoms with Gasteiger partial charge in [-0.1, -0.05) is 72.8 Å². The normalized spacial score (nSPS) is 20.1. The quantitative estimate of drug-likeness (QED) is 0.198. The smallest absolute Gasteiger partial charge is 0.134 e. The van der Waals surface area contributed by atoms with Gasteiger partial charge >= 0.3 is 0 Å². The fraction of sp³-hybridized carbons (Fsp3) is 0.156. The number of rotatable bonds is 6. The van der Waals surface area contributed by atoms with Crippen molar-refractivity contribution in [2.75, 3.05) is 5.32 Å². The zero-order valence-corrected chi connectivity index (χ0v) is 21.4. The lowest BCUT2D eigenvalue weighted by Gasteiger charge is -2.37. The summed E-state index contributed by atoms with van der Waals surface area (Å²) in [5.74, 6) is 1.86. The van der Waals surface area contributed by atoms with Gasteiger partial charge < -0.3 is 10.1 Å². The molecule has 4 aromatic carbocycles. The molecule has 0 amide bonds. The van der Waals surface area contributed by atoms with Crippen LogP contribution in [0.1, 0.15) is 40.6 Å². The number of nitrogens with zero attached hydrogens (tertiary/aromatic N) is 1. The maximum atomic E-state index is 5.96. The van der Waals surface area contributed by atoms with Crippen molar-refractivity contribution in [2.24, 2.45) is 10.9 Å². The molecule has 0 fully saturated rings. The van der Waals surface area contributed by atoms with Crippen molar-refractivity contribution in [3.05, 3.63) is 136 Å². The van der Waals surface area contributed by atoms with E-state index in [9.17, 15) is 0 Å². The molecular formula is C32H27BrN2O. The van der Waals surface area contributed by atoms with Crippen LogP contribution in [0.5, 0.6) is 5.75 Å². The summed E-state index contributed by atoms with van der Waals surface area (Å²) < 4.78 is 6.88. The maximum Gasteiger partial charge on any atom is 0.134 e. The van der Waals surface area contributed by atoms with Gasteiger partial charge in [-0.2, -0.15) is 0 Å². The molecule has 1 heterocycles. The second kappa shape index (κ2) is 10.2. The van der Waals surface area contributed by atoms with Crippen molar-refractivity contribution in [1.82, 2.24) is 0 Å². The van der Waals surface area contributed by atoms with E-state index in [2.05, 4.69) is 94.1 Å². The highest BCUT2D eigenvalue weighted by molar-refractivity contribution is 9.10. The van der Waals surface area contributed by atoms with Crippen LogP contribution in [0, 0.1) is 5.92 Å². The topological polar surface area (TPSA) is 33.6 Å². The summed E-state index contributed by atoms with van der Waals surface area (Å²) >= 11 is 3.64. The van der Waals surface area contributed by atoms with E-state index >= 15 is 0 Å². The molecule has 1 N–H and O–H groups in total. The number of ether oxygens (including phenoxy) is 1. The van der Waals surface area contributed by atoms with E-state index in [1.165, 1.54) is 16.8 Å². The molecule has 3 atom stereocenters. The van der Waals surface area contributed by atoms with Gasteiger partial charge in [-0.05, 0) is 86.9 Å². The molecule has 2 aliphatic rings. The van der Waals surface area contributed by atoms with E-state index in [4.69, 9.17) is 9.73 Å². The molecule has 0 aromatic heterocycles. The lowest BCUT2D eigenvalue weighted by molar-refractivity contribution is 0.304. The average Bonchev–Trinajstić information content (AvgIpc) is 3.42. The number of benzene rings is 4. The molecule has 0 radical (unpaired) electrons. The number of halogens is 1. The molecule has 1 aliphatic heterocycles. The molecule has 1 aliphatic carbocycles. The molecule has 4 aromatic rings. The Bertz CT molecular complexity index is 1410. The number of hydrogen-bond acceptors (Lipinski definition) is 3. The standard InChI is InChI=1S/C32H27BrN2O/c33-29-19-23(13-18-31(29)36-21-22-7-2-1-3-8-22)20-34-25-16-14-24(15-17-25)32-28-11-6-10-26(28)27-9-4-5-12-30(27)35-32/h1-10,12-20,26,28,32,35H,11,21H2/t26-,28-,32-/m0/s1. The van der Waals surface area contributed by atoms with Crippen LogP contribution in [0.3, 0.4) is 0 Å². The summed E-state index contributed by atoms with van der Waals surface area (Å²) in [7, 11) is 0. The molecule has 3 nitrogen and oxygen atoms in total. The summed E-state index contributed by atoms with van der Waals surface area (Å²) in [5.41, 5.74) is 7.08. The third-order valence-corrected chi connectivity index (χ3v) is 7.70. The Labute approximate surface area is 220 Å². The maximum absolute atomic E-state index is 5.96. The van der Waals surface area contributed by atoms with E-state index in [1.54, 1.807) is 0 Å². The number of fused-ring (bicyclic) bond motifs is 3. The van der Waals surface area contributed by atoms with E-state index < -0.39 is 0 Å². The third-order valence-electron chi connectivity index (χ3n) is 7.08. The molecule has 6 rings (SSSR count). The summed E-state index contributed by atoms with van der Waals surface area (Å²) in [6.45, 7) is 0.540. The van der Waals surface area contributed by atoms with Crippen LogP contribution in [-0.4, -0.2) is 6.21 Å². The Hall–Kier alpha value is -3.63. The van der Waals surface area contributed by atoms with Gasteiger partial charge in [0.2, 0.25) is 0 Å². The number of allylic oxidation sites excluding steroid dienone is 2. The molecule has 178 valence electrons. The summed E-state index contributed by atoms with van der Waals surface area (Å²) in [4.78, 5) is 4.71. The minimum absolute atomic E-state index is 0.303. The second-order valence-electron chi connectivity index (χ2n) is 9.38. The highest BCUT2D eigenvalue weighted by atomic mass is 79.9. The first-order chi connectivity index (χ1) is 17.7. The number of para-hydroxylation sites is 1. The van der Waals surface area contributed by atoms with Gasteiger partial charge in [0.1, 0.15) is 12.4 Å². The minimum atomic E-state index is 0.303. The molecule has 0 bridgehead atoms. The van der Waals surface area contributed by atoms with E-state index in [1.807, 2.05) is 42.6 Å². The fourth-order valence-corrected chi connectivity index (χ4v) is 5.75. The summed E-state index contributed by atoms with van der Waals surface area (Å²) in [6.07, 6.45) is 7.72. The van der Waals surface area contributed by atoms with Crippen molar-refractivity contribution in [2.45, 2.75) is 25.0 Å².